The summed E-state index contributed by atoms with van der Waals surface area (Å²) < 4.78 is 5.40. The van der Waals surface area contributed by atoms with Crippen LogP contribution in [0.25, 0.3) is 0 Å². The average Bonchev–Trinajstić information content (AvgIpc) is 2.44. The summed E-state index contributed by atoms with van der Waals surface area (Å²) in [7, 11) is 0. The third kappa shape index (κ3) is 4.49. The number of aliphatic hydroxyl groups is 1. The van der Waals surface area contributed by atoms with Crippen LogP contribution in [0.2, 0.25) is 10.3 Å². The largest absolute Gasteiger partial charge is 0.444 e. The van der Waals surface area contributed by atoms with Gasteiger partial charge in [-0.25, -0.2) is 9.78 Å². The van der Waals surface area contributed by atoms with Gasteiger partial charge in [0, 0.05) is 18.5 Å². The number of piperidine rings is 1. The zero-order chi connectivity index (χ0) is 17.3. The van der Waals surface area contributed by atoms with Crippen LogP contribution in [-0.4, -0.2) is 46.4 Å². The molecule has 1 aliphatic heterocycles. The number of hydrogen-bond acceptors (Lipinski definition) is 4. The van der Waals surface area contributed by atoms with Gasteiger partial charge >= 0.3 is 6.09 Å². The predicted octanol–water partition coefficient (Wildman–Crippen LogP) is 3.65. The molecular formula is C16H22Cl2N2O3. The predicted molar refractivity (Wildman–Crippen MR) is 90.1 cm³/mol. The lowest BCUT2D eigenvalue weighted by Gasteiger charge is -2.41. The van der Waals surface area contributed by atoms with E-state index in [-0.39, 0.29) is 12.7 Å². The van der Waals surface area contributed by atoms with Crippen LogP contribution in [0, 0.1) is 0 Å². The third-order valence-corrected chi connectivity index (χ3v) is 4.44. The fourth-order valence-corrected chi connectivity index (χ4v) is 3.21. The van der Waals surface area contributed by atoms with Crippen molar-refractivity contribution in [3.63, 3.8) is 0 Å². The Kier molecular flexibility index (Phi) is 5.44. The minimum Gasteiger partial charge on any atom is -0.444 e. The van der Waals surface area contributed by atoms with Gasteiger partial charge in [0.1, 0.15) is 15.9 Å². The number of aromatic nitrogens is 1. The summed E-state index contributed by atoms with van der Waals surface area (Å²) in [6.07, 6.45) is 0.897. The number of pyridine rings is 1. The van der Waals surface area contributed by atoms with E-state index in [1.807, 2.05) is 20.8 Å². The highest BCUT2D eigenvalue weighted by atomic mass is 35.5. The highest BCUT2D eigenvalue weighted by Crippen LogP contribution is 2.37. The topological polar surface area (TPSA) is 62.7 Å². The number of likely N-dealkylation sites (tertiary alicyclic amines) is 1. The molecule has 1 aliphatic rings. The Morgan fingerprint density at radius 3 is 2.26 bits per heavy atom. The van der Waals surface area contributed by atoms with E-state index in [9.17, 15) is 9.90 Å². The summed E-state index contributed by atoms with van der Waals surface area (Å²) >= 11 is 12.0. The molecule has 0 radical (unpaired) electrons. The van der Waals surface area contributed by atoms with Crippen molar-refractivity contribution >= 4 is 29.3 Å². The van der Waals surface area contributed by atoms with E-state index in [2.05, 4.69) is 4.98 Å². The maximum Gasteiger partial charge on any atom is 0.410 e. The molecule has 1 aromatic heterocycles. The number of amides is 1. The molecule has 7 heteroatoms. The van der Waals surface area contributed by atoms with Crippen molar-refractivity contribution in [3.8, 4) is 0 Å². The fourth-order valence-electron chi connectivity index (χ4n) is 2.75. The van der Waals surface area contributed by atoms with Crippen LogP contribution >= 0.6 is 23.2 Å². The van der Waals surface area contributed by atoms with Crippen molar-refractivity contribution < 1.29 is 14.6 Å². The highest BCUT2D eigenvalue weighted by Gasteiger charge is 2.38. The van der Waals surface area contributed by atoms with Gasteiger partial charge in [-0.15, -0.1) is 0 Å². The molecule has 1 N–H and O–H groups in total. The molecule has 1 saturated heterocycles. The quantitative estimate of drug-likeness (QED) is 0.817. The minimum atomic E-state index is -0.519. The molecule has 2 heterocycles. The van der Waals surface area contributed by atoms with Crippen molar-refractivity contribution in [1.29, 1.82) is 0 Å². The molecule has 1 fully saturated rings. The maximum absolute atomic E-state index is 12.1. The number of hydrogen-bond donors (Lipinski definition) is 1. The van der Waals surface area contributed by atoms with Crippen molar-refractivity contribution in [2.75, 3.05) is 19.7 Å². The summed E-state index contributed by atoms with van der Waals surface area (Å²) in [6, 6.07) is 3.46. The van der Waals surface area contributed by atoms with Gasteiger partial charge < -0.3 is 14.7 Å². The maximum atomic E-state index is 12.1. The van der Waals surface area contributed by atoms with Gasteiger partial charge in [0.15, 0.2) is 0 Å². The number of ether oxygens (including phenoxy) is 1. The van der Waals surface area contributed by atoms with Crippen molar-refractivity contribution in [1.82, 2.24) is 9.88 Å². The molecule has 1 aromatic rings. The van der Waals surface area contributed by atoms with Crippen LogP contribution in [0.4, 0.5) is 4.79 Å². The molecule has 0 spiro atoms. The smallest absolute Gasteiger partial charge is 0.410 e. The molecule has 0 aliphatic carbocycles. The SMILES string of the molecule is CC(C)(C)OC(=O)N1CCC(CO)(c2cc(Cl)nc(Cl)c2)CC1. The number of carbonyl (C=O) groups is 1. The number of aliphatic hydroxyl groups excluding tert-OH is 1. The Labute approximate surface area is 146 Å². The first-order valence-electron chi connectivity index (χ1n) is 7.58. The van der Waals surface area contributed by atoms with E-state index in [0.29, 0.717) is 36.2 Å². The Morgan fingerprint density at radius 2 is 1.83 bits per heavy atom. The summed E-state index contributed by atoms with van der Waals surface area (Å²) in [6.45, 7) is 6.50. The number of halogens is 2. The van der Waals surface area contributed by atoms with Crippen LogP contribution < -0.4 is 0 Å². The lowest BCUT2D eigenvalue weighted by atomic mass is 9.74. The second kappa shape index (κ2) is 6.83. The lowest BCUT2D eigenvalue weighted by Crippen LogP contribution is -2.48. The first kappa shape index (κ1) is 18.3. The Hall–Kier alpha value is -1.04. The number of carbonyl (C=O) groups excluding carboxylic acids is 1. The standard InChI is InChI=1S/C16H22Cl2N2O3/c1-15(2,3)23-14(22)20-6-4-16(10-21,5-7-20)11-8-12(17)19-13(18)9-11/h8-9,21H,4-7,10H2,1-3H3. The second-order valence-corrected chi connectivity index (χ2v) is 7.68. The summed E-state index contributed by atoms with van der Waals surface area (Å²) in [4.78, 5) is 17.8. The molecule has 0 saturated carbocycles. The molecule has 2 rings (SSSR count). The summed E-state index contributed by atoms with van der Waals surface area (Å²) in [5, 5.41) is 10.5. The van der Waals surface area contributed by atoms with Crippen LogP contribution in [0.3, 0.4) is 0 Å². The van der Waals surface area contributed by atoms with E-state index >= 15 is 0 Å². The molecule has 23 heavy (non-hydrogen) atoms. The third-order valence-electron chi connectivity index (χ3n) is 4.05. The Balaban J connectivity index is 2.12. The van der Waals surface area contributed by atoms with Crippen molar-refractivity contribution in [2.45, 2.75) is 44.6 Å². The van der Waals surface area contributed by atoms with E-state index in [1.54, 1.807) is 17.0 Å². The zero-order valence-electron chi connectivity index (χ0n) is 13.6. The number of nitrogens with zero attached hydrogens (tertiary/aromatic N) is 2. The van der Waals surface area contributed by atoms with Gasteiger partial charge in [-0.1, -0.05) is 23.2 Å². The van der Waals surface area contributed by atoms with Gasteiger partial charge in [0.25, 0.3) is 0 Å². The number of rotatable bonds is 2. The van der Waals surface area contributed by atoms with E-state index in [4.69, 9.17) is 27.9 Å². The molecule has 128 valence electrons. The fraction of sp³-hybridized carbons (Fsp3) is 0.625. The van der Waals surface area contributed by atoms with E-state index in [0.717, 1.165) is 5.56 Å². The minimum absolute atomic E-state index is 0.0359. The molecule has 0 unspecified atom stereocenters. The lowest BCUT2D eigenvalue weighted by molar-refractivity contribution is 0.0123. The van der Waals surface area contributed by atoms with E-state index in [1.165, 1.54) is 0 Å². The first-order chi connectivity index (χ1) is 10.6. The van der Waals surface area contributed by atoms with Crippen LogP contribution in [0.15, 0.2) is 12.1 Å². The van der Waals surface area contributed by atoms with Crippen LogP contribution in [0.1, 0.15) is 39.2 Å². The Bertz CT molecular complexity index is 559. The van der Waals surface area contributed by atoms with E-state index < -0.39 is 11.0 Å². The molecule has 5 nitrogen and oxygen atoms in total. The Morgan fingerprint density at radius 1 is 1.30 bits per heavy atom. The first-order valence-corrected chi connectivity index (χ1v) is 8.33. The van der Waals surface area contributed by atoms with Crippen molar-refractivity contribution in [3.05, 3.63) is 28.0 Å². The summed E-state index contributed by atoms with van der Waals surface area (Å²) in [5.41, 5.74) is -0.127. The molecular weight excluding hydrogens is 339 g/mol. The monoisotopic (exact) mass is 360 g/mol. The van der Waals surface area contributed by atoms with Gasteiger partial charge in [-0.3, -0.25) is 0 Å². The van der Waals surface area contributed by atoms with Gasteiger partial charge in [0.2, 0.25) is 0 Å². The van der Waals surface area contributed by atoms with Crippen LogP contribution in [-0.2, 0) is 10.2 Å². The zero-order valence-corrected chi connectivity index (χ0v) is 15.1. The average molecular weight is 361 g/mol. The van der Waals surface area contributed by atoms with Crippen LogP contribution in [0.5, 0.6) is 0 Å². The molecule has 0 bridgehead atoms. The van der Waals surface area contributed by atoms with Gasteiger partial charge in [-0.2, -0.15) is 0 Å². The van der Waals surface area contributed by atoms with Gasteiger partial charge in [-0.05, 0) is 51.3 Å². The summed E-state index contributed by atoms with van der Waals surface area (Å²) in [5.74, 6) is 0. The van der Waals surface area contributed by atoms with Crippen molar-refractivity contribution in [2.24, 2.45) is 0 Å². The van der Waals surface area contributed by atoms with Gasteiger partial charge in [0.05, 0.1) is 6.61 Å². The molecule has 1 amide bonds. The second-order valence-electron chi connectivity index (χ2n) is 6.91. The molecule has 0 atom stereocenters. The normalized spacial score (nSPS) is 17.9. The highest BCUT2D eigenvalue weighted by molar-refractivity contribution is 6.32. The molecule has 0 aromatic carbocycles.